The number of furan rings is 2. The lowest BCUT2D eigenvalue weighted by Crippen LogP contribution is -1.96. The molecule has 1 aromatic carbocycles. The molecule has 9 heteroatoms. The van der Waals surface area contributed by atoms with E-state index in [-0.39, 0.29) is 0 Å². The van der Waals surface area contributed by atoms with Crippen molar-refractivity contribution in [2.75, 3.05) is 5.75 Å². The van der Waals surface area contributed by atoms with Crippen LogP contribution in [0.25, 0.3) is 11.6 Å². The summed E-state index contributed by atoms with van der Waals surface area (Å²) in [6.45, 7) is 4.28. The Labute approximate surface area is 182 Å². The second-order valence-electron chi connectivity index (χ2n) is 6.28. The maximum Gasteiger partial charge on any atom is 0.221 e. The van der Waals surface area contributed by atoms with Gasteiger partial charge < -0.3 is 13.6 Å². The molecule has 0 bridgehead atoms. The van der Waals surface area contributed by atoms with Gasteiger partial charge in [0.25, 0.3) is 0 Å². The van der Waals surface area contributed by atoms with Crippen molar-refractivity contribution in [1.82, 2.24) is 14.9 Å². The third-order valence-electron chi connectivity index (χ3n) is 4.12. The summed E-state index contributed by atoms with van der Waals surface area (Å²) >= 11 is 7.59. The first-order valence-electron chi connectivity index (χ1n) is 9.28. The van der Waals surface area contributed by atoms with Gasteiger partial charge in [-0.15, -0.1) is 10.2 Å². The summed E-state index contributed by atoms with van der Waals surface area (Å²) in [4.78, 5) is 0. The summed E-state index contributed by atoms with van der Waals surface area (Å²) in [5, 5.41) is 14.3. The second-order valence-corrected chi connectivity index (χ2v) is 7.91. The number of thioether (sulfide) groups is 1. The van der Waals surface area contributed by atoms with Gasteiger partial charge in [0.1, 0.15) is 23.9 Å². The molecule has 3 heterocycles. The molecule has 0 aliphatic heterocycles. The van der Waals surface area contributed by atoms with Crippen LogP contribution in [0.2, 0.25) is 5.02 Å². The quantitative estimate of drug-likeness (QED) is 0.258. The van der Waals surface area contributed by atoms with Gasteiger partial charge in [0.15, 0.2) is 5.76 Å². The normalized spacial score (nSPS) is 11.4. The van der Waals surface area contributed by atoms with E-state index < -0.39 is 0 Å². The molecule has 7 nitrogen and oxygen atoms in total. The summed E-state index contributed by atoms with van der Waals surface area (Å²) in [6, 6.07) is 12.8. The number of aromatic nitrogens is 3. The van der Waals surface area contributed by atoms with Crippen molar-refractivity contribution in [1.29, 1.82) is 0 Å². The van der Waals surface area contributed by atoms with Crippen LogP contribution in [0.3, 0.4) is 0 Å². The summed E-state index contributed by atoms with van der Waals surface area (Å²) in [6.07, 6.45) is 3.21. The van der Waals surface area contributed by atoms with Gasteiger partial charge in [-0.3, -0.25) is 0 Å². The molecule has 0 aliphatic carbocycles. The van der Waals surface area contributed by atoms with E-state index in [1.807, 2.05) is 50.2 Å². The monoisotopic (exact) mass is 442 g/mol. The standard InChI is InChI=1S/C21H19ClN4O3S/c1-3-30-21-25-24-20(19-5-4-10-27-19)26(21)23-12-16-6-7-17(29-16)13-28-15-8-9-18(22)14(2)11-15/h4-12H,3,13H2,1-2H3/b23-12+. The second kappa shape index (κ2) is 9.23. The third-order valence-corrected chi connectivity index (χ3v) is 5.35. The highest BCUT2D eigenvalue weighted by molar-refractivity contribution is 7.99. The molecule has 0 amide bonds. The van der Waals surface area contributed by atoms with E-state index in [9.17, 15) is 0 Å². The molecule has 30 heavy (non-hydrogen) atoms. The van der Waals surface area contributed by atoms with Gasteiger partial charge in [0, 0.05) is 5.02 Å². The lowest BCUT2D eigenvalue weighted by molar-refractivity contribution is 0.269. The lowest BCUT2D eigenvalue weighted by atomic mass is 10.2. The van der Waals surface area contributed by atoms with Crippen molar-refractivity contribution >= 4 is 29.6 Å². The van der Waals surface area contributed by atoms with Crippen molar-refractivity contribution < 1.29 is 13.6 Å². The Bertz CT molecular complexity index is 1150. The van der Waals surface area contributed by atoms with Crippen molar-refractivity contribution in [3.8, 4) is 17.3 Å². The molecule has 4 rings (SSSR count). The number of rotatable bonds is 8. The number of hydrogen-bond donors (Lipinski definition) is 0. The average molecular weight is 443 g/mol. The molecule has 0 saturated carbocycles. The average Bonchev–Trinajstić information content (AvgIpc) is 3.48. The van der Waals surface area contributed by atoms with Crippen LogP contribution in [0.15, 0.2) is 67.8 Å². The van der Waals surface area contributed by atoms with Crippen LogP contribution in [0, 0.1) is 6.92 Å². The molecule has 0 saturated heterocycles. The summed E-state index contributed by atoms with van der Waals surface area (Å²) < 4.78 is 18.7. The molecule has 0 atom stereocenters. The van der Waals surface area contributed by atoms with E-state index in [0.29, 0.717) is 39.9 Å². The minimum atomic E-state index is 0.302. The Hall–Kier alpha value is -2.97. The minimum absolute atomic E-state index is 0.302. The Morgan fingerprint density at radius 3 is 2.90 bits per heavy atom. The molecule has 0 N–H and O–H groups in total. The fourth-order valence-corrected chi connectivity index (χ4v) is 3.40. The lowest BCUT2D eigenvalue weighted by Gasteiger charge is -2.06. The maximum atomic E-state index is 6.05. The SMILES string of the molecule is CCSc1nnc(-c2ccco2)n1/N=C/c1ccc(COc2ccc(Cl)c(C)c2)o1. The summed E-state index contributed by atoms with van der Waals surface area (Å²) in [7, 11) is 0. The number of halogens is 1. The van der Waals surface area contributed by atoms with Crippen LogP contribution >= 0.6 is 23.4 Å². The van der Waals surface area contributed by atoms with Gasteiger partial charge in [0.2, 0.25) is 11.0 Å². The van der Waals surface area contributed by atoms with Gasteiger partial charge in [-0.25, -0.2) is 0 Å². The smallest absolute Gasteiger partial charge is 0.221 e. The summed E-state index contributed by atoms with van der Waals surface area (Å²) in [5.41, 5.74) is 0.962. The Kier molecular flexibility index (Phi) is 6.25. The number of benzene rings is 1. The minimum Gasteiger partial charge on any atom is -0.486 e. The predicted molar refractivity (Wildman–Crippen MR) is 116 cm³/mol. The van der Waals surface area contributed by atoms with Crippen LogP contribution in [-0.4, -0.2) is 26.8 Å². The van der Waals surface area contributed by atoms with Gasteiger partial charge in [-0.1, -0.05) is 30.3 Å². The zero-order valence-corrected chi connectivity index (χ0v) is 18.0. The van der Waals surface area contributed by atoms with Crippen LogP contribution in [0.5, 0.6) is 5.75 Å². The van der Waals surface area contributed by atoms with Crippen LogP contribution in [0.1, 0.15) is 24.0 Å². The van der Waals surface area contributed by atoms with E-state index in [0.717, 1.165) is 17.1 Å². The van der Waals surface area contributed by atoms with Crippen molar-refractivity contribution in [3.63, 3.8) is 0 Å². The first-order valence-corrected chi connectivity index (χ1v) is 10.6. The fraction of sp³-hybridized carbons (Fsp3) is 0.190. The molecule has 0 fully saturated rings. The summed E-state index contributed by atoms with van der Waals surface area (Å²) in [5.74, 6) is 3.97. The van der Waals surface area contributed by atoms with E-state index in [4.69, 9.17) is 25.2 Å². The van der Waals surface area contributed by atoms with Crippen molar-refractivity contribution in [2.45, 2.75) is 25.6 Å². The number of nitrogens with zero attached hydrogens (tertiary/aromatic N) is 4. The van der Waals surface area contributed by atoms with Crippen LogP contribution < -0.4 is 4.74 Å². The molecule has 0 spiro atoms. The molecule has 3 aromatic heterocycles. The van der Waals surface area contributed by atoms with Crippen molar-refractivity contribution in [3.05, 3.63) is 70.8 Å². The van der Waals surface area contributed by atoms with Crippen LogP contribution in [0.4, 0.5) is 0 Å². The third kappa shape index (κ3) is 4.60. The molecule has 0 aliphatic rings. The maximum absolute atomic E-state index is 6.05. The Balaban J connectivity index is 1.48. The molecule has 0 unspecified atom stereocenters. The van der Waals surface area contributed by atoms with E-state index in [2.05, 4.69) is 15.3 Å². The van der Waals surface area contributed by atoms with E-state index in [1.165, 1.54) is 0 Å². The van der Waals surface area contributed by atoms with E-state index >= 15 is 0 Å². The highest BCUT2D eigenvalue weighted by Crippen LogP contribution is 2.24. The largest absolute Gasteiger partial charge is 0.486 e. The molecular weight excluding hydrogens is 424 g/mol. The zero-order chi connectivity index (χ0) is 20.9. The zero-order valence-electron chi connectivity index (χ0n) is 16.4. The van der Waals surface area contributed by atoms with Gasteiger partial charge in [-0.05, 0) is 60.7 Å². The van der Waals surface area contributed by atoms with Gasteiger partial charge in [0.05, 0.1) is 12.5 Å². The molecular formula is C21H19ClN4O3S. The molecule has 4 aromatic rings. The van der Waals surface area contributed by atoms with E-state index in [1.54, 1.807) is 35.0 Å². The topological polar surface area (TPSA) is 78.6 Å². The Morgan fingerprint density at radius 1 is 1.23 bits per heavy atom. The van der Waals surface area contributed by atoms with Gasteiger partial charge >= 0.3 is 0 Å². The number of aryl methyl sites for hydroxylation is 1. The molecule has 154 valence electrons. The predicted octanol–water partition coefficient (Wildman–Crippen LogP) is 5.67. The highest BCUT2D eigenvalue weighted by Gasteiger charge is 2.15. The molecule has 0 radical (unpaired) electrons. The highest BCUT2D eigenvalue weighted by atomic mass is 35.5. The number of ether oxygens (including phenoxy) is 1. The number of hydrogen-bond acceptors (Lipinski definition) is 7. The van der Waals surface area contributed by atoms with Crippen molar-refractivity contribution in [2.24, 2.45) is 5.10 Å². The van der Waals surface area contributed by atoms with Crippen LogP contribution in [-0.2, 0) is 6.61 Å². The fourth-order valence-electron chi connectivity index (χ4n) is 2.67. The van der Waals surface area contributed by atoms with Gasteiger partial charge in [-0.2, -0.15) is 9.78 Å². The first-order chi connectivity index (χ1) is 14.6. The Morgan fingerprint density at radius 2 is 2.13 bits per heavy atom. The first kappa shape index (κ1) is 20.3.